The molecular weight excluding hydrogens is 290 g/mol. The van der Waals surface area contributed by atoms with E-state index >= 15 is 0 Å². The normalized spacial score (nSPS) is 12.2. The van der Waals surface area contributed by atoms with Crippen LogP contribution in [0.2, 0.25) is 0 Å². The first-order valence-corrected chi connectivity index (χ1v) is 7.05. The number of amides is 1. The summed E-state index contributed by atoms with van der Waals surface area (Å²) >= 11 is 1.28. The van der Waals surface area contributed by atoms with E-state index in [2.05, 4.69) is 15.5 Å². The van der Waals surface area contributed by atoms with Gasteiger partial charge in [0.1, 0.15) is 0 Å². The number of carboxylic acids is 1. The highest BCUT2D eigenvalue weighted by atomic mass is 32.1. The van der Waals surface area contributed by atoms with Crippen LogP contribution in [0.15, 0.2) is 41.8 Å². The molecule has 0 radical (unpaired) electrons. The molecule has 0 spiro atoms. The number of aromatic amines is 1. The van der Waals surface area contributed by atoms with Gasteiger partial charge < -0.3 is 10.4 Å². The number of carboxylic acid groups (broad SMARTS) is 1. The fourth-order valence-electron chi connectivity index (χ4n) is 2.05. The zero-order valence-corrected chi connectivity index (χ0v) is 11.6. The Morgan fingerprint density at radius 3 is 2.76 bits per heavy atom. The van der Waals surface area contributed by atoms with Crippen molar-refractivity contribution in [1.82, 2.24) is 15.5 Å². The number of carbonyl (C=O) groups is 2. The molecule has 106 valence electrons. The largest absolute Gasteiger partial charge is 0.479 e. The minimum absolute atomic E-state index is 0.188. The zero-order valence-electron chi connectivity index (χ0n) is 10.7. The van der Waals surface area contributed by atoms with Gasteiger partial charge in [0.2, 0.25) is 0 Å². The molecule has 21 heavy (non-hydrogen) atoms. The van der Waals surface area contributed by atoms with Crippen LogP contribution < -0.4 is 5.32 Å². The third-order valence-electron chi connectivity index (χ3n) is 3.04. The molecule has 1 aromatic carbocycles. The monoisotopic (exact) mass is 301 g/mol. The Bertz CT molecular complexity index is 795. The maximum Gasteiger partial charge on any atom is 0.331 e. The number of benzene rings is 1. The van der Waals surface area contributed by atoms with E-state index in [1.807, 2.05) is 6.07 Å². The summed E-state index contributed by atoms with van der Waals surface area (Å²) in [6.45, 7) is 0. The van der Waals surface area contributed by atoms with Gasteiger partial charge in [-0.3, -0.25) is 9.89 Å². The number of aromatic nitrogens is 2. The Labute approximate surface area is 123 Å². The van der Waals surface area contributed by atoms with Crippen molar-refractivity contribution in [3.05, 3.63) is 52.3 Å². The number of fused-ring (bicyclic) bond motifs is 1. The second-order valence-corrected chi connectivity index (χ2v) is 5.36. The van der Waals surface area contributed by atoms with Gasteiger partial charge >= 0.3 is 5.97 Å². The Kier molecular flexibility index (Phi) is 3.41. The number of H-pyrrole nitrogens is 1. The first kappa shape index (κ1) is 13.3. The number of thiophene rings is 1. The standard InChI is InChI=1S/C14H11N3O3S/c18-13(11-8-4-1-2-5-9(8)16-17-11)15-12(14(19)20)10-6-3-7-21-10/h1-7,12H,(H,15,18)(H,16,17)(H,19,20). The lowest BCUT2D eigenvalue weighted by molar-refractivity contribution is -0.139. The van der Waals surface area contributed by atoms with E-state index in [0.29, 0.717) is 10.3 Å². The molecule has 2 heterocycles. The van der Waals surface area contributed by atoms with Crippen LogP contribution in [0.25, 0.3) is 10.9 Å². The van der Waals surface area contributed by atoms with Gasteiger partial charge in [0.15, 0.2) is 11.7 Å². The third-order valence-corrected chi connectivity index (χ3v) is 3.97. The van der Waals surface area contributed by atoms with Gasteiger partial charge in [0.05, 0.1) is 5.52 Å². The second-order valence-electron chi connectivity index (χ2n) is 4.38. The molecule has 6 nitrogen and oxygen atoms in total. The molecule has 0 aliphatic carbocycles. The lowest BCUT2D eigenvalue weighted by Crippen LogP contribution is -2.33. The van der Waals surface area contributed by atoms with Crippen LogP contribution >= 0.6 is 11.3 Å². The molecular formula is C14H11N3O3S. The lowest BCUT2D eigenvalue weighted by atomic mass is 10.2. The molecule has 0 aliphatic heterocycles. The molecule has 3 N–H and O–H groups in total. The number of hydrogen-bond donors (Lipinski definition) is 3. The van der Waals surface area contributed by atoms with Crippen LogP contribution in [-0.2, 0) is 4.79 Å². The molecule has 0 saturated heterocycles. The van der Waals surface area contributed by atoms with Gasteiger partial charge in [0.25, 0.3) is 5.91 Å². The van der Waals surface area contributed by atoms with Gasteiger partial charge in [0, 0.05) is 10.3 Å². The number of carbonyl (C=O) groups excluding carboxylic acids is 1. The van der Waals surface area contributed by atoms with Crippen LogP contribution in [0.3, 0.4) is 0 Å². The molecule has 1 atom stereocenters. The Morgan fingerprint density at radius 1 is 1.24 bits per heavy atom. The maximum absolute atomic E-state index is 12.3. The summed E-state index contributed by atoms with van der Waals surface area (Å²) in [5.74, 6) is -1.63. The summed E-state index contributed by atoms with van der Waals surface area (Å²) in [7, 11) is 0. The van der Waals surface area contributed by atoms with Crippen LogP contribution in [0.1, 0.15) is 21.4 Å². The Morgan fingerprint density at radius 2 is 2.05 bits per heavy atom. The van der Waals surface area contributed by atoms with Crippen LogP contribution in [0.5, 0.6) is 0 Å². The van der Waals surface area contributed by atoms with Crippen molar-refractivity contribution >= 4 is 34.1 Å². The summed E-state index contributed by atoms with van der Waals surface area (Å²) in [6.07, 6.45) is 0. The van der Waals surface area contributed by atoms with Crippen LogP contribution in [0, 0.1) is 0 Å². The van der Waals surface area contributed by atoms with Gasteiger partial charge in [-0.1, -0.05) is 24.3 Å². The predicted octanol–water partition coefficient (Wildman–Crippen LogP) is 2.18. The fraction of sp³-hybridized carbons (Fsp3) is 0.0714. The first-order valence-electron chi connectivity index (χ1n) is 6.17. The van der Waals surface area contributed by atoms with Crippen molar-refractivity contribution in [3.8, 4) is 0 Å². The summed E-state index contributed by atoms with van der Waals surface area (Å²) in [5.41, 5.74) is 0.916. The van der Waals surface area contributed by atoms with Crippen molar-refractivity contribution in [3.63, 3.8) is 0 Å². The van der Waals surface area contributed by atoms with Crippen molar-refractivity contribution in [2.45, 2.75) is 6.04 Å². The highest BCUT2D eigenvalue weighted by Crippen LogP contribution is 2.21. The highest BCUT2D eigenvalue weighted by Gasteiger charge is 2.25. The fourth-order valence-corrected chi connectivity index (χ4v) is 2.81. The highest BCUT2D eigenvalue weighted by molar-refractivity contribution is 7.10. The maximum atomic E-state index is 12.3. The van der Waals surface area contributed by atoms with E-state index in [4.69, 9.17) is 0 Å². The summed E-state index contributed by atoms with van der Waals surface area (Å²) in [6, 6.07) is 9.52. The number of nitrogens with zero attached hydrogens (tertiary/aromatic N) is 1. The summed E-state index contributed by atoms with van der Waals surface area (Å²) < 4.78 is 0. The molecule has 7 heteroatoms. The second kappa shape index (κ2) is 5.37. The lowest BCUT2D eigenvalue weighted by Gasteiger charge is -2.11. The molecule has 2 aromatic heterocycles. The molecule has 1 amide bonds. The minimum Gasteiger partial charge on any atom is -0.479 e. The number of hydrogen-bond acceptors (Lipinski definition) is 4. The summed E-state index contributed by atoms with van der Waals surface area (Å²) in [4.78, 5) is 24.2. The molecule has 3 rings (SSSR count). The molecule has 3 aromatic rings. The minimum atomic E-state index is -1.11. The van der Waals surface area contributed by atoms with E-state index in [9.17, 15) is 14.7 Å². The Hall–Kier alpha value is -2.67. The molecule has 0 bridgehead atoms. The smallest absolute Gasteiger partial charge is 0.331 e. The van der Waals surface area contributed by atoms with E-state index in [-0.39, 0.29) is 5.69 Å². The molecule has 0 fully saturated rings. The molecule has 0 saturated carbocycles. The van der Waals surface area contributed by atoms with Crippen molar-refractivity contribution in [1.29, 1.82) is 0 Å². The van der Waals surface area contributed by atoms with Gasteiger partial charge in [-0.25, -0.2) is 4.79 Å². The van der Waals surface area contributed by atoms with Crippen molar-refractivity contribution in [2.24, 2.45) is 0 Å². The molecule has 1 unspecified atom stereocenters. The Balaban J connectivity index is 1.90. The number of para-hydroxylation sites is 1. The topological polar surface area (TPSA) is 95.1 Å². The predicted molar refractivity (Wildman–Crippen MR) is 78.3 cm³/mol. The zero-order chi connectivity index (χ0) is 14.8. The van der Waals surface area contributed by atoms with E-state index in [1.165, 1.54) is 11.3 Å². The first-order chi connectivity index (χ1) is 10.2. The van der Waals surface area contributed by atoms with Crippen LogP contribution in [0.4, 0.5) is 0 Å². The van der Waals surface area contributed by atoms with Gasteiger partial charge in [-0.2, -0.15) is 5.10 Å². The van der Waals surface area contributed by atoms with Gasteiger partial charge in [-0.05, 0) is 17.5 Å². The van der Waals surface area contributed by atoms with E-state index in [0.717, 1.165) is 5.52 Å². The van der Waals surface area contributed by atoms with Gasteiger partial charge in [-0.15, -0.1) is 11.3 Å². The summed E-state index contributed by atoms with van der Waals surface area (Å²) in [5, 5.41) is 20.9. The van der Waals surface area contributed by atoms with Crippen molar-refractivity contribution in [2.75, 3.05) is 0 Å². The van der Waals surface area contributed by atoms with E-state index in [1.54, 1.807) is 35.7 Å². The van der Waals surface area contributed by atoms with Crippen LogP contribution in [-0.4, -0.2) is 27.2 Å². The SMILES string of the molecule is O=C(NC(C(=O)O)c1cccs1)c1n[nH]c2ccccc12. The number of aliphatic carboxylic acids is 1. The number of rotatable bonds is 4. The van der Waals surface area contributed by atoms with E-state index < -0.39 is 17.9 Å². The number of nitrogens with one attached hydrogen (secondary N) is 2. The van der Waals surface area contributed by atoms with Crippen molar-refractivity contribution < 1.29 is 14.7 Å². The quantitative estimate of drug-likeness (QED) is 0.688. The average Bonchev–Trinajstić information content (AvgIpc) is 3.13. The average molecular weight is 301 g/mol. The molecule has 0 aliphatic rings. The third kappa shape index (κ3) is 2.50.